The summed E-state index contributed by atoms with van der Waals surface area (Å²) in [5.74, 6) is -5.63. The molecule has 16 heteroatoms. The maximum absolute atomic E-state index is 14.7. The molecule has 1 spiro atoms. The number of benzene rings is 2. The Morgan fingerprint density at radius 2 is 1.85 bits per heavy atom. The molecular weight excluding hydrogens is 961 g/mol. The van der Waals surface area contributed by atoms with Crippen LogP contribution in [0.2, 0.25) is 0 Å². The summed E-state index contributed by atoms with van der Waals surface area (Å²) in [6.07, 6.45) is 14.1. The van der Waals surface area contributed by atoms with E-state index in [9.17, 15) is 45.0 Å². The van der Waals surface area contributed by atoms with Crippen LogP contribution in [-0.4, -0.2) is 142 Å². The van der Waals surface area contributed by atoms with Crippen LogP contribution >= 0.6 is 0 Å². The summed E-state index contributed by atoms with van der Waals surface area (Å²) in [4.78, 5) is 48.5. The number of methoxy groups -OCH3 is 1. The minimum absolute atomic E-state index is 0.0124. The Kier molecular flexibility index (Phi) is 14.1. The van der Waals surface area contributed by atoms with Crippen LogP contribution in [0, 0.1) is 41.4 Å². The highest BCUT2D eigenvalue weighted by Gasteiger charge is 2.70. The van der Waals surface area contributed by atoms with Gasteiger partial charge in [-0.15, -0.1) is 0 Å². The van der Waals surface area contributed by atoms with Gasteiger partial charge in [-0.1, -0.05) is 36.8 Å². The lowest BCUT2D eigenvalue weighted by Crippen LogP contribution is -2.73. The summed E-state index contributed by atoms with van der Waals surface area (Å²) in [5, 5.41) is 72.5. The first-order chi connectivity index (χ1) is 36.4. The average molecular weight is 1030 g/mol. The molecular formula is C59H70N2O14. The molecule has 400 valence electrons. The average Bonchev–Trinajstić information content (AvgIpc) is 4.09. The number of likely N-dealkylation sites (tertiary alicyclic amines) is 1. The number of esters is 1. The number of allylic oxidation sites excluding steroid dienone is 4. The zero-order valence-electron chi connectivity index (χ0n) is 43.0. The Morgan fingerprint density at radius 1 is 1.01 bits per heavy atom. The Bertz CT molecular complexity index is 2930. The summed E-state index contributed by atoms with van der Waals surface area (Å²) in [6, 6.07) is 5.94. The number of nitrogens with zero attached hydrogens (tertiary/aromatic N) is 1. The normalized spacial score (nSPS) is 32.8. The van der Waals surface area contributed by atoms with E-state index < -0.39 is 83.7 Å². The smallest absolute Gasteiger partial charge is 0.375 e. The van der Waals surface area contributed by atoms with Crippen molar-refractivity contribution in [2.45, 2.75) is 101 Å². The minimum Gasteiger partial charge on any atom is -0.492 e. The zero-order valence-corrected chi connectivity index (χ0v) is 43.0. The van der Waals surface area contributed by atoms with Gasteiger partial charge in [0, 0.05) is 104 Å². The first kappa shape index (κ1) is 51.7. The second-order valence-corrected chi connectivity index (χ2v) is 22.0. The number of H-pyrrole nitrogens is 1. The van der Waals surface area contributed by atoms with Gasteiger partial charge < -0.3 is 59.3 Å². The quantitative estimate of drug-likeness (QED) is 0.0550. The fourth-order valence-corrected chi connectivity index (χ4v) is 14.9. The van der Waals surface area contributed by atoms with Crippen LogP contribution in [0.4, 0.5) is 0 Å². The van der Waals surface area contributed by atoms with Gasteiger partial charge in [0.2, 0.25) is 5.76 Å². The predicted octanol–water partition coefficient (Wildman–Crippen LogP) is 4.95. The molecule has 8 aliphatic rings. The number of carbonyl (C=O) groups excluding carboxylic acids is 3. The molecule has 1 saturated heterocycles. The van der Waals surface area contributed by atoms with E-state index in [2.05, 4.69) is 22.9 Å². The fourth-order valence-electron chi connectivity index (χ4n) is 14.9. The Labute approximate surface area is 436 Å². The molecule has 16 nitrogen and oxygen atoms in total. The molecule has 12 atom stereocenters. The van der Waals surface area contributed by atoms with Crippen molar-refractivity contribution in [1.82, 2.24) is 9.88 Å². The molecule has 4 aliphatic carbocycles. The lowest BCUT2D eigenvalue weighted by Gasteiger charge is -2.62. The van der Waals surface area contributed by atoms with Gasteiger partial charge in [-0.2, -0.15) is 0 Å². The van der Waals surface area contributed by atoms with Gasteiger partial charge in [-0.3, -0.25) is 14.5 Å². The first-order valence-electron chi connectivity index (χ1n) is 27.0. The van der Waals surface area contributed by atoms with E-state index >= 15 is 0 Å². The molecule has 1 aromatic heterocycles. The van der Waals surface area contributed by atoms with E-state index in [4.69, 9.17) is 23.7 Å². The van der Waals surface area contributed by atoms with Crippen molar-refractivity contribution in [3.05, 3.63) is 105 Å². The monoisotopic (exact) mass is 1030 g/mol. The number of aldehydes is 1. The molecule has 75 heavy (non-hydrogen) atoms. The van der Waals surface area contributed by atoms with E-state index in [1.165, 1.54) is 0 Å². The van der Waals surface area contributed by atoms with Gasteiger partial charge in [0.25, 0.3) is 0 Å². The summed E-state index contributed by atoms with van der Waals surface area (Å²) < 4.78 is 32.2. The third-order valence-corrected chi connectivity index (χ3v) is 18.3. The first-order valence-corrected chi connectivity index (χ1v) is 27.0. The molecule has 5 heterocycles. The number of aliphatic hydroxyl groups excluding tert-OH is 5. The lowest BCUT2D eigenvalue weighted by molar-refractivity contribution is -0.209. The van der Waals surface area contributed by atoms with Gasteiger partial charge in [-0.05, 0) is 117 Å². The number of Topliss-reactive ketones (excluding diaryl/α,β-unsaturated/α-hetero) is 1. The third-order valence-electron chi connectivity index (χ3n) is 18.3. The number of hydrogen-bond donors (Lipinski definition) is 7. The predicted molar refractivity (Wildman–Crippen MR) is 276 cm³/mol. The van der Waals surface area contributed by atoms with Gasteiger partial charge in [0.15, 0.2) is 11.9 Å². The summed E-state index contributed by atoms with van der Waals surface area (Å²) in [6.45, 7) is 4.07. The van der Waals surface area contributed by atoms with E-state index in [0.29, 0.717) is 55.4 Å². The van der Waals surface area contributed by atoms with Crippen LogP contribution in [0.1, 0.15) is 86.1 Å². The number of aryl methyl sites for hydroxylation is 1. The molecule has 11 rings (SSSR count). The maximum Gasteiger partial charge on any atom is 0.375 e. The molecule has 2 aromatic carbocycles. The molecule has 7 N–H and O–H groups in total. The number of hydrogen-bond acceptors (Lipinski definition) is 15. The number of aromatic nitrogens is 1. The molecule has 1 saturated carbocycles. The Hall–Kier alpha value is -5.43. The van der Waals surface area contributed by atoms with Crippen molar-refractivity contribution in [1.29, 1.82) is 0 Å². The Morgan fingerprint density at radius 3 is 2.59 bits per heavy atom. The number of nitrogens with one attached hydrogen (secondary N) is 1. The largest absolute Gasteiger partial charge is 0.492 e. The minimum atomic E-state index is -1.75. The van der Waals surface area contributed by atoms with Gasteiger partial charge >= 0.3 is 5.97 Å². The molecule has 2 bridgehead atoms. The van der Waals surface area contributed by atoms with Crippen molar-refractivity contribution in [2.75, 3.05) is 59.8 Å². The van der Waals surface area contributed by atoms with Crippen molar-refractivity contribution in [3.8, 4) is 17.2 Å². The number of rotatable bonds is 12. The lowest BCUT2D eigenvalue weighted by atomic mass is 9.48. The van der Waals surface area contributed by atoms with Crippen LogP contribution in [0.5, 0.6) is 17.2 Å². The van der Waals surface area contributed by atoms with E-state index in [0.717, 1.165) is 41.4 Å². The molecule has 12 unspecified atom stereocenters. The second-order valence-electron chi connectivity index (χ2n) is 22.0. The number of ketones is 1. The van der Waals surface area contributed by atoms with Crippen molar-refractivity contribution in [3.63, 3.8) is 0 Å². The van der Waals surface area contributed by atoms with E-state index in [-0.39, 0.29) is 103 Å². The van der Waals surface area contributed by atoms with Crippen LogP contribution in [0.25, 0.3) is 16.5 Å². The highest BCUT2D eigenvalue weighted by Crippen LogP contribution is 2.65. The maximum atomic E-state index is 14.7. The van der Waals surface area contributed by atoms with Gasteiger partial charge in [0.05, 0.1) is 49.2 Å². The van der Waals surface area contributed by atoms with E-state index in [1.54, 1.807) is 20.1 Å². The topological polar surface area (TPSA) is 238 Å². The van der Waals surface area contributed by atoms with Crippen molar-refractivity contribution >= 4 is 34.5 Å². The van der Waals surface area contributed by atoms with Crippen LogP contribution in [-0.2, 0) is 43.3 Å². The van der Waals surface area contributed by atoms with Crippen LogP contribution < -0.4 is 14.2 Å². The Balaban J connectivity index is 1.15. The molecule has 3 aromatic rings. The number of aromatic amines is 1. The zero-order chi connectivity index (χ0) is 52.5. The van der Waals surface area contributed by atoms with Crippen LogP contribution in [0.3, 0.4) is 0 Å². The number of fused-ring (bicyclic) bond motifs is 10. The van der Waals surface area contributed by atoms with Crippen LogP contribution in [0.15, 0.2) is 77.3 Å². The summed E-state index contributed by atoms with van der Waals surface area (Å²) in [5.41, 5.74) is 1.32. The molecule has 0 amide bonds. The summed E-state index contributed by atoms with van der Waals surface area (Å²) in [7, 11) is 1.69. The standard InChI is InChI=1S/C59H70N2O14/c1-4-47-40-23-41-48(67)10-9-34(26-63)37-11-14-58(59(70,51(37)41)45(40)13-17-61(47)16-6-18-71-3)24-42-53(75-58)44(29-66)55-50-49(43(28-65)56(74-55)57(69)72-5-2)35-19-36(27-64)52(68)39(21-35)38-20-33-12-15-60-46(33)22-32(38)8-7-31(25-62)30-73-54(42)50/h9-12,14-15,20,22-23,28,31,34,36-37,39-40,45,47-48,51,60,62-64,66-67,70H,4-8,13,16-19,21,24-27,29-30H2,1-3H3. The highest BCUT2D eigenvalue weighted by molar-refractivity contribution is 6.11. The fraction of sp³-hybridized carbons (Fsp3) is 0.542. The number of ether oxygens (including phenoxy) is 5. The number of aliphatic hydroxyl groups is 6. The van der Waals surface area contributed by atoms with E-state index in [1.807, 2.05) is 42.6 Å². The van der Waals surface area contributed by atoms with Crippen molar-refractivity contribution in [2.24, 2.45) is 41.4 Å². The SMILES string of the molecule is CCOC(=O)C1=C(C=O)C2=C3CC(CO)C(=O)C(C3)c3cc4cc[nH]c4cc3CCC(CO)COc3c4c(c(CO)c(c32)O1)OC1(C=CC2C(CO)C=CC(O)C3=CC5C(CC)N(CCCOC)CCC5C1(O)C32)C4. The molecule has 2 fully saturated rings. The molecule has 0 radical (unpaired) electrons. The van der Waals surface area contributed by atoms with Gasteiger partial charge in [0.1, 0.15) is 28.6 Å². The number of carbonyl (C=O) groups is 3. The molecule has 4 aliphatic heterocycles. The van der Waals surface area contributed by atoms with Gasteiger partial charge in [-0.25, -0.2) is 4.79 Å². The highest BCUT2D eigenvalue weighted by atomic mass is 16.6. The second kappa shape index (κ2) is 20.5. The summed E-state index contributed by atoms with van der Waals surface area (Å²) >= 11 is 0. The third kappa shape index (κ3) is 8.11. The number of piperidine rings is 1. The van der Waals surface area contributed by atoms with Crippen molar-refractivity contribution < 1.29 is 68.7 Å².